The van der Waals surface area contributed by atoms with Crippen LogP contribution >= 0.6 is 0 Å². The highest BCUT2D eigenvalue weighted by Gasteiger charge is 2.21. The van der Waals surface area contributed by atoms with E-state index in [1.165, 1.54) is 0 Å². The first-order valence-corrected chi connectivity index (χ1v) is 8.73. The molecule has 3 heterocycles. The van der Waals surface area contributed by atoms with Gasteiger partial charge in [0.15, 0.2) is 0 Å². The minimum atomic E-state index is 0.115. The number of Topliss-reactive ketones (excluding diaryl/α,β-unsaturated/α-hetero) is 1. The molecule has 1 fully saturated rings. The fraction of sp³-hybridized carbons (Fsp3) is 0.350. The fourth-order valence-corrected chi connectivity index (χ4v) is 3.43. The summed E-state index contributed by atoms with van der Waals surface area (Å²) in [6, 6.07) is 7.90. The maximum Gasteiger partial charge on any atom is 0.142 e. The first-order valence-electron chi connectivity index (χ1n) is 9.23. The van der Waals surface area contributed by atoms with Crippen molar-refractivity contribution in [2.75, 3.05) is 13.1 Å². The molecule has 0 amide bonds. The van der Waals surface area contributed by atoms with Crippen LogP contribution in [0.3, 0.4) is 0 Å². The Hall–Kier alpha value is -2.53. The van der Waals surface area contributed by atoms with Crippen molar-refractivity contribution in [1.29, 1.82) is 0 Å². The molecule has 4 rings (SSSR count). The molecule has 0 aliphatic carbocycles. The number of nitrogens with one attached hydrogen (secondary N) is 1. The number of carbonyl (C=O) groups is 1. The standard InChI is InChI=1S/C20H22N4O/c1-24-13-18(12-23-24)15-2-3-16-11-22-19(9-17(16)8-15)10-20(25)14-4-6-21-7-5-14/h2-3,8-9,11-14,21H,4-7,10H2,1H3/i11D. The topological polar surface area (TPSA) is 59.8 Å². The molecule has 0 bridgehead atoms. The zero-order valence-electron chi connectivity index (χ0n) is 15.3. The monoisotopic (exact) mass is 335 g/mol. The predicted octanol–water partition coefficient (Wildman–Crippen LogP) is 2.75. The quantitative estimate of drug-likeness (QED) is 0.796. The van der Waals surface area contributed by atoms with Crippen molar-refractivity contribution in [3.05, 3.63) is 48.5 Å². The first-order chi connectivity index (χ1) is 12.6. The highest BCUT2D eigenvalue weighted by atomic mass is 16.1. The van der Waals surface area contributed by atoms with Gasteiger partial charge >= 0.3 is 0 Å². The number of hydrogen-bond acceptors (Lipinski definition) is 4. The van der Waals surface area contributed by atoms with Crippen LogP contribution in [0.5, 0.6) is 0 Å². The van der Waals surface area contributed by atoms with E-state index in [9.17, 15) is 4.79 Å². The van der Waals surface area contributed by atoms with Crippen LogP contribution in [0.25, 0.3) is 21.9 Å². The molecule has 2 aromatic heterocycles. The van der Waals surface area contributed by atoms with Crippen molar-refractivity contribution in [1.82, 2.24) is 20.1 Å². The molecule has 0 saturated carbocycles. The van der Waals surface area contributed by atoms with Crippen LogP contribution in [-0.2, 0) is 18.3 Å². The number of benzene rings is 1. The Bertz CT molecular complexity index is 960. The molecule has 1 aliphatic rings. The maximum atomic E-state index is 12.6. The number of hydrogen-bond donors (Lipinski definition) is 1. The third-order valence-electron chi connectivity index (χ3n) is 4.88. The van der Waals surface area contributed by atoms with Crippen molar-refractivity contribution >= 4 is 16.6 Å². The number of ketones is 1. The van der Waals surface area contributed by atoms with E-state index in [1.807, 2.05) is 43.7 Å². The van der Waals surface area contributed by atoms with Gasteiger partial charge in [0.25, 0.3) is 0 Å². The third kappa shape index (κ3) is 3.46. The van der Waals surface area contributed by atoms with Crippen LogP contribution in [0.1, 0.15) is 19.9 Å². The highest BCUT2D eigenvalue weighted by molar-refractivity contribution is 5.88. The molecule has 5 heteroatoms. The molecule has 0 atom stereocenters. The lowest BCUT2D eigenvalue weighted by molar-refractivity contribution is -0.123. The zero-order valence-corrected chi connectivity index (χ0v) is 14.3. The summed E-state index contributed by atoms with van der Waals surface area (Å²) in [7, 11) is 1.89. The molecule has 1 aliphatic heterocycles. The van der Waals surface area contributed by atoms with E-state index in [4.69, 9.17) is 1.37 Å². The Labute approximate surface area is 148 Å². The summed E-state index contributed by atoms with van der Waals surface area (Å²) >= 11 is 0. The van der Waals surface area contributed by atoms with Crippen LogP contribution in [0.2, 0.25) is 0 Å². The second-order valence-electron chi connectivity index (χ2n) is 6.73. The maximum absolute atomic E-state index is 12.6. The van der Waals surface area contributed by atoms with Crippen molar-refractivity contribution in [3.8, 4) is 11.1 Å². The summed E-state index contributed by atoms with van der Waals surface area (Å²) in [6.07, 6.45) is 6.12. The summed E-state index contributed by atoms with van der Waals surface area (Å²) in [6.45, 7) is 1.81. The molecule has 1 N–H and O–H groups in total. The lowest BCUT2D eigenvalue weighted by Crippen LogP contribution is -2.32. The van der Waals surface area contributed by atoms with E-state index in [1.54, 1.807) is 4.68 Å². The lowest BCUT2D eigenvalue weighted by atomic mass is 9.91. The smallest absolute Gasteiger partial charge is 0.142 e. The van der Waals surface area contributed by atoms with Crippen molar-refractivity contribution in [2.45, 2.75) is 19.3 Å². The van der Waals surface area contributed by atoms with Gasteiger partial charge in [-0.2, -0.15) is 5.10 Å². The number of pyridine rings is 1. The summed E-state index contributed by atoms with van der Waals surface area (Å²) in [5, 5.41) is 9.25. The van der Waals surface area contributed by atoms with Gasteiger partial charge < -0.3 is 5.32 Å². The van der Waals surface area contributed by atoms with Crippen LogP contribution < -0.4 is 5.32 Å². The van der Waals surface area contributed by atoms with Gasteiger partial charge in [-0.05, 0) is 49.0 Å². The number of fused-ring (bicyclic) bond motifs is 1. The van der Waals surface area contributed by atoms with E-state index < -0.39 is 0 Å². The van der Waals surface area contributed by atoms with E-state index in [0.717, 1.165) is 47.8 Å². The molecule has 25 heavy (non-hydrogen) atoms. The normalized spacial score (nSPS) is 16.1. The predicted molar refractivity (Wildman–Crippen MR) is 98.2 cm³/mol. The minimum absolute atomic E-state index is 0.115. The molecule has 3 aromatic rings. The Balaban J connectivity index is 1.64. The van der Waals surface area contributed by atoms with Crippen LogP contribution in [0.4, 0.5) is 0 Å². The van der Waals surface area contributed by atoms with Gasteiger partial charge in [-0.25, -0.2) is 0 Å². The SMILES string of the molecule is [2H]c1nc(CC(=O)C2CCNCC2)cc2cc(-c3cnn(C)c3)ccc12. The van der Waals surface area contributed by atoms with Crippen molar-refractivity contribution < 1.29 is 6.17 Å². The molecule has 5 nitrogen and oxygen atoms in total. The number of carbonyl (C=O) groups excluding carboxylic acids is 1. The second kappa shape index (κ2) is 6.76. The van der Waals surface area contributed by atoms with Gasteiger partial charge in [0.2, 0.25) is 0 Å². The Morgan fingerprint density at radius 3 is 2.88 bits per heavy atom. The van der Waals surface area contributed by atoms with Crippen molar-refractivity contribution in [2.24, 2.45) is 13.0 Å². The highest BCUT2D eigenvalue weighted by Crippen LogP contribution is 2.24. The Morgan fingerprint density at radius 2 is 2.12 bits per heavy atom. The molecule has 1 aromatic carbocycles. The van der Waals surface area contributed by atoms with Crippen LogP contribution in [0, 0.1) is 5.92 Å². The van der Waals surface area contributed by atoms with Gasteiger partial charge in [-0.1, -0.05) is 12.1 Å². The molecule has 0 unspecified atom stereocenters. The van der Waals surface area contributed by atoms with Gasteiger partial charge in [0, 0.05) is 48.4 Å². The molecule has 0 radical (unpaired) electrons. The second-order valence-corrected chi connectivity index (χ2v) is 6.73. The van der Waals surface area contributed by atoms with E-state index in [2.05, 4.69) is 15.4 Å². The van der Waals surface area contributed by atoms with E-state index in [0.29, 0.717) is 12.1 Å². The number of nitrogens with zero attached hydrogens (tertiary/aromatic N) is 3. The summed E-state index contributed by atoms with van der Waals surface area (Å²) in [5.41, 5.74) is 2.77. The van der Waals surface area contributed by atoms with Gasteiger partial charge in [-0.3, -0.25) is 14.5 Å². The zero-order chi connectivity index (χ0) is 18.1. The average Bonchev–Trinajstić information content (AvgIpc) is 3.08. The summed E-state index contributed by atoms with van der Waals surface area (Å²) in [5.74, 6) is 0.353. The van der Waals surface area contributed by atoms with Gasteiger partial charge in [0.1, 0.15) is 5.78 Å². The number of piperidine rings is 1. The van der Waals surface area contributed by atoms with E-state index in [-0.39, 0.29) is 17.9 Å². The van der Waals surface area contributed by atoms with Crippen LogP contribution in [-0.4, -0.2) is 33.6 Å². The minimum Gasteiger partial charge on any atom is -0.317 e. The third-order valence-corrected chi connectivity index (χ3v) is 4.88. The molecule has 0 spiro atoms. The van der Waals surface area contributed by atoms with Gasteiger partial charge in [0.05, 0.1) is 7.57 Å². The average molecular weight is 335 g/mol. The van der Waals surface area contributed by atoms with Gasteiger partial charge in [-0.15, -0.1) is 0 Å². The lowest BCUT2D eigenvalue weighted by Gasteiger charge is -2.21. The molecule has 128 valence electrons. The van der Waals surface area contributed by atoms with Crippen LogP contribution in [0.15, 0.2) is 42.8 Å². The molecule has 1 saturated heterocycles. The number of aromatic nitrogens is 3. The van der Waals surface area contributed by atoms with Crippen molar-refractivity contribution in [3.63, 3.8) is 0 Å². The van der Waals surface area contributed by atoms with E-state index >= 15 is 0 Å². The largest absolute Gasteiger partial charge is 0.317 e. The number of aryl methyl sites for hydroxylation is 1. The Kier molecular flexibility index (Phi) is 4.00. The number of rotatable bonds is 4. The first kappa shape index (κ1) is 14.8. The fourth-order valence-electron chi connectivity index (χ4n) is 3.43. The summed E-state index contributed by atoms with van der Waals surface area (Å²) in [4.78, 5) is 16.9. The molecular weight excluding hydrogens is 312 g/mol. The Morgan fingerprint density at radius 1 is 1.28 bits per heavy atom. The molecular formula is C20H22N4O. The summed E-state index contributed by atoms with van der Waals surface area (Å²) < 4.78 is 9.99.